The van der Waals surface area contributed by atoms with Gasteiger partial charge in [0.05, 0.1) is 24.1 Å². The second-order valence-corrected chi connectivity index (χ2v) is 4.26. The predicted molar refractivity (Wildman–Crippen MR) is 69.0 cm³/mol. The third-order valence-corrected chi connectivity index (χ3v) is 2.77. The van der Waals surface area contributed by atoms with Gasteiger partial charge in [-0.25, -0.2) is 4.79 Å². The van der Waals surface area contributed by atoms with E-state index in [9.17, 15) is 9.90 Å². The van der Waals surface area contributed by atoms with Crippen molar-refractivity contribution in [2.75, 3.05) is 11.9 Å². The molecule has 0 fully saturated rings. The van der Waals surface area contributed by atoms with E-state index in [1.54, 1.807) is 18.4 Å². The molecule has 4 heteroatoms. The van der Waals surface area contributed by atoms with E-state index >= 15 is 0 Å². The van der Waals surface area contributed by atoms with Crippen LogP contribution in [-0.2, 0) is 6.54 Å². The second-order valence-electron chi connectivity index (χ2n) is 4.26. The van der Waals surface area contributed by atoms with Gasteiger partial charge in [-0.15, -0.1) is 0 Å². The number of carboxylic acids is 1. The van der Waals surface area contributed by atoms with Crippen LogP contribution < -0.4 is 4.90 Å². The van der Waals surface area contributed by atoms with Gasteiger partial charge in [0.1, 0.15) is 5.76 Å². The molecule has 94 valence electrons. The highest BCUT2D eigenvalue weighted by atomic mass is 16.4. The van der Waals surface area contributed by atoms with Gasteiger partial charge in [-0.1, -0.05) is 6.07 Å². The zero-order valence-corrected chi connectivity index (χ0v) is 10.4. The molecule has 0 aliphatic heterocycles. The summed E-state index contributed by atoms with van der Waals surface area (Å²) in [4.78, 5) is 13.1. The summed E-state index contributed by atoms with van der Waals surface area (Å²) in [5, 5.41) is 9.18. The summed E-state index contributed by atoms with van der Waals surface area (Å²) in [6, 6.07) is 8.98. The van der Waals surface area contributed by atoms with Gasteiger partial charge in [-0.05, 0) is 36.8 Å². The molecule has 0 bridgehead atoms. The average Bonchev–Trinajstić information content (AvgIpc) is 2.81. The van der Waals surface area contributed by atoms with Crippen molar-refractivity contribution in [2.24, 2.45) is 0 Å². The molecule has 0 amide bonds. The van der Waals surface area contributed by atoms with Crippen LogP contribution in [0.4, 0.5) is 5.69 Å². The standard InChI is InChI=1S/C14H15NO3/c1-10-5-6-12(14(16)17)13(8-10)15(2)9-11-4-3-7-18-11/h3-8H,9H2,1-2H3,(H,16,17). The van der Waals surface area contributed by atoms with Crippen molar-refractivity contribution in [1.29, 1.82) is 0 Å². The molecule has 18 heavy (non-hydrogen) atoms. The SMILES string of the molecule is Cc1ccc(C(=O)O)c(N(C)Cc2ccco2)c1. The molecule has 1 aromatic heterocycles. The van der Waals surface area contributed by atoms with E-state index in [-0.39, 0.29) is 0 Å². The minimum atomic E-state index is -0.920. The predicted octanol–water partition coefficient (Wildman–Crippen LogP) is 2.92. The molecular formula is C14H15NO3. The van der Waals surface area contributed by atoms with Gasteiger partial charge in [-0.3, -0.25) is 0 Å². The second kappa shape index (κ2) is 4.96. The number of hydrogen-bond donors (Lipinski definition) is 1. The zero-order chi connectivity index (χ0) is 13.1. The van der Waals surface area contributed by atoms with Crippen molar-refractivity contribution in [2.45, 2.75) is 13.5 Å². The van der Waals surface area contributed by atoms with Crippen LogP contribution in [0.1, 0.15) is 21.7 Å². The summed E-state index contributed by atoms with van der Waals surface area (Å²) in [7, 11) is 1.85. The molecule has 0 spiro atoms. The minimum Gasteiger partial charge on any atom is -0.478 e. The molecule has 2 rings (SSSR count). The Labute approximate surface area is 105 Å². The lowest BCUT2D eigenvalue weighted by molar-refractivity contribution is 0.0697. The monoisotopic (exact) mass is 245 g/mol. The molecule has 4 nitrogen and oxygen atoms in total. The lowest BCUT2D eigenvalue weighted by Crippen LogP contribution is -2.19. The van der Waals surface area contributed by atoms with Gasteiger partial charge in [0, 0.05) is 7.05 Å². The highest BCUT2D eigenvalue weighted by molar-refractivity contribution is 5.94. The van der Waals surface area contributed by atoms with Crippen LogP contribution in [0.25, 0.3) is 0 Å². The van der Waals surface area contributed by atoms with Crippen LogP contribution in [-0.4, -0.2) is 18.1 Å². The van der Waals surface area contributed by atoms with Crippen LogP contribution >= 0.6 is 0 Å². The van der Waals surface area contributed by atoms with Crippen LogP contribution in [0, 0.1) is 6.92 Å². The molecule has 0 saturated carbocycles. The van der Waals surface area contributed by atoms with E-state index in [0.29, 0.717) is 17.8 Å². The number of furan rings is 1. The first-order chi connectivity index (χ1) is 8.58. The van der Waals surface area contributed by atoms with Crippen LogP contribution in [0.5, 0.6) is 0 Å². The van der Waals surface area contributed by atoms with Gasteiger partial charge in [0.15, 0.2) is 0 Å². The first-order valence-electron chi connectivity index (χ1n) is 5.65. The lowest BCUT2D eigenvalue weighted by atomic mass is 10.1. The molecule has 0 atom stereocenters. The summed E-state index contributed by atoms with van der Waals surface area (Å²) in [6.45, 7) is 2.48. The first kappa shape index (κ1) is 12.2. The maximum atomic E-state index is 11.2. The van der Waals surface area contributed by atoms with Gasteiger partial charge in [-0.2, -0.15) is 0 Å². The first-order valence-corrected chi connectivity index (χ1v) is 5.65. The summed E-state index contributed by atoms with van der Waals surface area (Å²) in [5.74, 6) is -0.119. The molecule has 0 saturated heterocycles. The number of hydrogen-bond acceptors (Lipinski definition) is 3. The Morgan fingerprint density at radius 1 is 1.39 bits per heavy atom. The van der Waals surface area contributed by atoms with Gasteiger partial charge in [0.25, 0.3) is 0 Å². The number of aromatic carboxylic acids is 1. The van der Waals surface area contributed by atoms with Crippen molar-refractivity contribution in [3.05, 3.63) is 53.5 Å². The number of nitrogens with zero attached hydrogens (tertiary/aromatic N) is 1. The molecule has 1 heterocycles. The third kappa shape index (κ3) is 2.53. The highest BCUT2D eigenvalue weighted by Crippen LogP contribution is 2.23. The Bertz CT molecular complexity index is 546. The number of aryl methyl sites for hydroxylation is 1. The highest BCUT2D eigenvalue weighted by Gasteiger charge is 2.14. The van der Waals surface area contributed by atoms with Crippen LogP contribution in [0.2, 0.25) is 0 Å². The molecule has 0 unspecified atom stereocenters. The quantitative estimate of drug-likeness (QED) is 0.899. The Hall–Kier alpha value is -2.23. The number of benzene rings is 1. The number of anilines is 1. The molecule has 1 N–H and O–H groups in total. The Morgan fingerprint density at radius 3 is 2.78 bits per heavy atom. The molecule has 1 aromatic carbocycles. The fraction of sp³-hybridized carbons (Fsp3) is 0.214. The fourth-order valence-electron chi connectivity index (χ4n) is 1.86. The van der Waals surface area contributed by atoms with E-state index in [4.69, 9.17) is 4.42 Å². The smallest absolute Gasteiger partial charge is 0.337 e. The van der Waals surface area contributed by atoms with Gasteiger partial charge in [0.2, 0.25) is 0 Å². The topological polar surface area (TPSA) is 53.7 Å². The van der Waals surface area contributed by atoms with Crippen molar-refractivity contribution in [1.82, 2.24) is 0 Å². The number of carbonyl (C=O) groups is 1. The normalized spacial score (nSPS) is 10.3. The Kier molecular flexibility index (Phi) is 3.37. The zero-order valence-electron chi connectivity index (χ0n) is 10.4. The number of rotatable bonds is 4. The largest absolute Gasteiger partial charge is 0.478 e. The maximum Gasteiger partial charge on any atom is 0.337 e. The van der Waals surface area contributed by atoms with E-state index < -0.39 is 5.97 Å². The number of carboxylic acid groups (broad SMARTS) is 1. The summed E-state index contributed by atoms with van der Waals surface area (Å²) in [6.07, 6.45) is 1.61. The fourth-order valence-corrected chi connectivity index (χ4v) is 1.86. The van der Waals surface area contributed by atoms with E-state index in [1.165, 1.54) is 0 Å². The maximum absolute atomic E-state index is 11.2. The van der Waals surface area contributed by atoms with Crippen molar-refractivity contribution in [3.8, 4) is 0 Å². The summed E-state index contributed by atoms with van der Waals surface area (Å²) < 4.78 is 5.27. The average molecular weight is 245 g/mol. The van der Waals surface area contributed by atoms with Crippen molar-refractivity contribution in [3.63, 3.8) is 0 Å². The molecule has 0 radical (unpaired) electrons. The van der Waals surface area contributed by atoms with Crippen molar-refractivity contribution < 1.29 is 14.3 Å². The van der Waals surface area contributed by atoms with Crippen LogP contribution in [0.3, 0.4) is 0 Å². The van der Waals surface area contributed by atoms with Gasteiger partial charge >= 0.3 is 5.97 Å². The third-order valence-electron chi connectivity index (χ3n) is 2.77. The van der Waals surface area contributed by atoms with Crippen molar-refractivity contribution >= 4 is 11.7 Å². The summed E-state index contributed by atoms with van der Waals surface area (Å²) in [5.41, 5.74) is 2.02. The van der Waals surface area contributed by atoms with E-state index in [1.807, 2.05) is 37.1 Å². The van der Waals surface area contributed by atoms with E-state index in [2.05, 4.69) is 0 Å². The Morgan fingerprint density at radius 2 is 2.17 bits per heavy atom. The van der Waals surface area contributed by atoms with E-state index in [0.717, 1.165) is 11.3 Å². The Balaban J connectivity index is 2.31. The lowest BCUT2D eigenvalue weighted by Gasteiger charge is -2.20. The van der Waals surface area contributed by atoms with Gasteiger partial charge < -0.3 is 14.4 Å². The summed E-state index contributed by atoms with van der Waals surface area (Å²) >= 11 is 0. The minimum absolute atomic E-state index is 0.301. The molecule has 0 aliphatic carbocycles. The molecule has 2 aromatic rings. The van der Waals surface area contributed by atoms with Crippen LogP contribution in [0.15, 0.2) is 41.0 Å². The molecule has 0 aliphatic rings. The molecular weight excluding hydrogens is 230 g/mol.